The minimum absolute atomic E-state index is 0.00628. The molecule has 1 aromatic heterocycles. The molecule has 0 aliphatic heterocycles. The first-order valence-corrected chi connectivity index (χ1v) is 9.25. The molecule has 0 unspecified atom stereocenters. The zero-order valence-corrected chi connectivity index (χ0v) is 14.4. The standard InChI is InChI=1S/C18H15F2N3O2S/c19-15-6-7-16(20)17(10-15)26(24,25)23-9-8-13-11-21-18(22-12-13)14-4-2-1-3-5-14/h1-7,10-12,23H,8-9H2. The number of nitrogens with zero attached hydrogens (tertiary/aromatic N) is 2. The highest BCUT2D eigenvalue weighted by Crippen LogP contribution is 2.16. The molecule has 26 heavy (non-hydrogen) atoms. The van der Waals surface area contributed by atoms with E-state index < -0.39 is 26.6 Å². The first kappa shape index (κ1) is 18.1. The minimum Gasteiger partial charge on any atom is -0.236 e. The Kier molecular flexibility index (Phi) is 5.34. The van der Waals surface area contributed by atoms with E-state index in [0.717, 1.165) is 17.7 Å². The number of rotatable bonds is 6. The van der Waals surface area contributed by atoms with Crippen molar-refractivity contribution in [3.8, 4) is 11.4 Å². The van der Waals surface area contributed by atoms with Crippen molar-refractivity contribution in [2.45, 2.75) is 11.3 Å². The highest BCUT2D eigenvalue weighted by atomic mass is 32.2. The lowest BCUT2D eigenvalue weighted by Gasteiger charge is -2.08. The lowest BCUT2D eigenvalue weighted by molar-refractivity contribution is 0.546. The van der Waals surface area contributed by atoms with Crippen LogP contribution in [0.2, 0.25) is 0 Å². The molecule has 0 atom stereocenters. The zero-order valence-electron chi connectivity index (χ0n) is 13.6. The van der Waals surface area contributed by atoms with E-state index in [9.17, 15) is 17.2 Å². The molecule has 0 bridgehead atoms. The van der Waals surface area contributed by atoms with Crippen LogP contribution in [0.3, 0.4) is 0 Å². The number of hydrogen-bond acceptors (Lipinski definition) is 4. The smallest absolute Gasteiger partial charge is 0.236 e. The van der Waals surface area contributed by atoms with Crippen LogP contribution in [0.25, 0.3) is 11.4 Å². The van der Waals surface area contributed by atoms with E-state index in [1.807, 2.05) is 30.3 Å². The van der Waals surface area contributed by atoms with Crippen LogP contribution >= 0.6 is 0 Å². The van der Waals surface area contributed by atoms with Crippen LogP contribution < -0.4 is 4.72 Å². The van der Waals surface area contributed by atoms with Gasteiger partial charge in [0.25, 0.3) is 0 Å². The maximum atomic E-state index is 13.6. The van der Waals surface area contributed by atoms with Gasteiger partial charge in [-0.15, -0.1) is 0 Å². The molecule has 5 nitrogen and oxygen atoms in total. The summed E-state index contributed by atoms with van der Waals surface area (Å²) in [5.74, 6) is -1.26. The highest BCUT2D eigenvalue weighted by molar-refractivity contribution is 7.89. The van der Waals surface area contributed by atoms with E-state index in [1.165, 1.54) is 0 Å². The Balaban J connectivity index is 1.63. The number of halogens is 2. The van der Waals surface area contributed by atoms with E-state index in [2.05, 4.69) is 14.7 Å². The van der Waals surface area contributed by atoms with Crippen molar-refractivity contribution < 1.29 is 17.2 Å². The van der Waals surface area contributed by atoms with Crippen molar-refractivity contribution in [3.63, 3.8) is 0 Å². The molecule has 1 heterocycles. The number of nitrogens with one attached hydrogen (secondary N) is 1. The SMILES string of the molecule is O=S(=O)(NCCc1cnc(-c2ccccc2)nc1)c1cc(F)ccc1F. The Morgan fingerprint density at radius 2 is 1.65 bits per heavy atom. The topological polar surface area (TPSA) is 72.0 Å². The molecule has 0 radical (unpaired) electrons. The molecular weight excluding hydrogens is 360 g/mol. The Bertz CT molecular complexity index is 995. The molecule has 0 amide bonds. The summed E-state index contributed by atoms with van der Waals surface area (Å²) in [6.45, 7) is 0.00628. The van der Waals surface area contributed by atoms with Gasteiger partial charge < -0.3 is 0 Å². The van der Waals surface area contributed by atoms with Gasteiger partial charge in [-0.3, -0.25) is 0 Å². The third kappa shape index (κ3) is 4.27. The number of benzene rings is 2. The van der Waals surface area contributed by atoms with Gasteiger partial charge in [-0.1, -0.05) is 30.3 Å². The maximum absolute atomic E-state index is 13.6. The van der Waals surface area contributed by atoms with Crippen LogP contribution in [0.5, 0.6) is 0 Å². The molecule has 8 heteroatoms. The molecule has 0 saturated carbocycles. The fraction of sp³-hybridized carbons (Fsp3) is 0.111. The maximum Gasteiger partial charge on any atom is 0.243 e. The second-order valence-corrected chi connectivity index (χ2v) is 7.24. The largest absolute Gasteiger partial charge is 0.243 e. The summed E-state index contributed by atoms with van der Waals surface area (Å²) in [7, 11) is -4.14. The predicted octanol–water partition coefficient (Wildman–Crippen LogP) is 2.94. The first-order valence-electron chi connectivity index (χ1n) is 7.77. The molecule has 0 spiro atoms. The summed E-state index contributed by atoms with van der Waals surface area (Å²) in [6, 6.07) is 11.7. The molecular formula is C18H15F2N3O2S. The molecule has 2 aromatic carbocycles. The van der Waals surface area contributed by atoms with Gasteiger partial charge in [-0.25, -0.2) is 31.9 Å². The Morgan fingerprint density at radius 3 is 2.35 bits per heavy atom. The summed E-state index contributed by atoms with van der Waals surface area (Å²) >= 11 is 0. The first-order chi connectivity index (χ1) is 12.5. The van der Waals surface area contributed by atoms with Crippen LogP contribution in [0, 0.1) is 11.6 Å². The van der Waals surface area contributed by atoms with Crippen molar-refractivity contribution in [3.05, 3.63) is 78.1 Å². The summed E-state index contributed by atoms with van der Waals surface area (Å²) in [4.78, 5) is 7.79. The van der Waals surface area contributed by atoms with Crippen LogP contribution in [-0.4, -0.2) is 24.9 Å². The Morgan fingerprint density at radius 1 is 0.962 bits per heavy atom. The molecule has 3 rings (SSSR count). The van der Waals surface area contributed by atoms with E-state index in [4.69, 9.17) is 0 Å². The van der Waals surface area contributed by atoms with Crippen molar-refractivity contribution >= 4 is 10.0 Å². The van der Waals surface area contributed by atoms with Crippen molar-refractivity contribution in [2.24, 2.45) is 0 Å². The molecule has 134 valence electrons. The van der Waals surface area contributed by atoms with Gasteiger partial charge in [0.15, 0.2) is 5.82 Å². The van der Waals surface area contributed by atoms with Crippen molar-refractivity contribution in [1.29, 1.82) is 0 Å². The number of aromatic nitrogens is 2. The summed E-state index contributed by atoms with van der Waals surface area (Å²) in [5, 5.41) is 0. The number of hydrogen-bond donors (Lipinski definition) is 1. The van der Waals surface area contributed by atoms with Crippen molar-refractivity contribution in [2.75, 3.05) is 6.54 Å². The van der Waals surface area contributed by atoms with E-state index in [-0.39, 0.29) is 6.54 Å². The summed E-state index contributed by atoms with van der Waals surface area (Å²) < 4.78 is 53.2. The van der Waals surface area contributed by atoms with E-state index >= 15 is 0 Å². The second kappa shape index (κ2) is 7.67. The van der Waals surface area contributed by atoms with Gasteiger partial charge in [0.2, 0.25) is 10.0 Å². The van der Waals surface area contributed by atoms with E-state index in [0.29, 0.717) is 23.9 Å². The molecule has 0 aliphatic carbocycles. The predicted molar refractivity (Wildman–Crippen MR) is 92.7 cm³/mol. The summed E-state index contributed by atoms with van der Waals surface area (Å²) in [5.41, 5.74) is 1.59. The molecule has 0 fully saturated rings. The zero-order chi connectivity index (χ0) is 18.6. The quantitative estimate of drug-likeness (QED) is 0.719. The minimum atomic E-state index is -4.14. The lowest BCUT2D eigenvalue weighted by atomic mass is 10.2. The Hall–Kier alpha value is -2.71. The third-order valence-corrected chi connectivity index (χ3v) is 5.10. The van der Waals surface area contributed by atoms with Gasteiger partial charge in [0.05, 0.1) is 0 Å². The van der Waals surface area contributed by atoms with Gasteiger partial charge in [0.1, 0.15) is 16.5 Å². The monoisotopic (exact) mass is 375 g/mol. The average molecular weight is 375 g/mol. The number of sulfonamides is 1. The third-order valence-electron chi connectivity index (χ3n) is 3.63. The van der Waals surface area contributed by atoms with Gasteiger partial charge in [0, 0.05) is 24.5 Å². The fourth-order valence-corrected chi connectivity index (χ4v) is 3.43. The normalized spacial score (nSPS) is 11.5. The Labute approximate surface area is 149 Å². The van der Waals surface area contributed by atoms with Crippen LogP contribution in [-0.2, 0) is 16.4 Å². The fourth-order valence-electron chi connectivity index (χ4n) is 2.31. The summed E-state index contributed by atoms with van der Waals surface area (Å²) in [6.07, 6.45) is 3.52. The van der Waals surface area contributed by atoms with Gasteiger partial charge in [-0.2, -0.15) is 0 Å². The van der Waals surface area contributed by atoms with Gasteiger partial charge in [-0.05, 0) is 30.2 Å². The van der Waals surface area contributed by atoms with Crippen LogP contribution in [0.4, 0.5) is 8.78 Å². The molecule has 0 saturated heterocycles. The van der Waals surface area contributed by atoms with E-state index in [1.54, 1.807) is 12.4 Å². The van der Waals surface area contributed by atoms with Crippen molar-refractivity contribution in [1.82, 2.24) is 14.7 Å². The highest BCUT2D eigenvalue weighted by Gasteiger charge is 2.19. The molecule has 0 aliphatic rings. The average Bonchev–Trinajstić information content (AvgIpc) is 2.65. The lowest BCUT2D eigenvalue weighted by Crippen LogP contribution is -2.27. The second-order valence-electron chi connectivity index (χ2n) is 5.50. The molecule has 3 aromatic rings. The van der Waals surface area contributed by atoms with Gasteiger partial charge >= 0.3 is 0 Å². The van der Waals surface area contributed by atoms with Crippen LogP contribution in [0.1, 0.15) is 5.56 Å². The molecule has 1 N–H and O–H groups in total. The van der Waals surface area contributed by atoms with Crippen LogP contribution in [0.15, 0.2) is 65.8 Å².